The van der Waals surface area contributed by atoms with Crippen molar-refractivity contribution in [3.05, 3.63) is 52.6 Å². The number of aromatic nitrogens is 3. The van der Waals surface area contributed by atoms with E-state index in [1.165, 1.54) is 35.3 Å². The van der Waals surface area contributed by atoms with Crippen LogP contribution in [0, 0.1) is 0 Å². The molecule has 0 spiro atoms. The van der Waals surface area contributed by atoms with Crippen LogP contribution in [0.1, 0.15) is 11.6 Å². The smallest absolute Gasteiger partial charge is 0.377 e. The van der Waals surface area contributed by atoms with Crippen LogP contribution in [0.25, 0.3) is 0 Å². The van der Waals surface area contributed by atoms with Gasteiger partial charge in [0, 0.05) is 18.5 Å². The maximum absolute atomic E-state index is 13.0. The van der Waals surface area contributed by atoms with Gasteiger partial charge in [0.15, 0.2) is 0 Å². The second-order valence-corrected chi connectivity index (χ2v) is 5.06. The lowest BCUT2D eigenvalue weighted by Crippen LogP contribution is -2.37. The molecule has 2 aromatic heterocycles. The van der Waals surface area contributed by atoms with Crippen LogP contribution in [0.2, 0.25) is 0 Å². The van der Waals surface area contributed by atoms with Gasteiger partial charge in [-0.1, -0.05) is 0 Å². The molecule has 0 amide bonds. The molecule has 1 N–H and O–H groups in total. The standard InChI is InChI=1S/C14H13F3N4O2/c15-14(16,17)9-3-1-5-18-13(9)20-10-7-23-8-11(10)21-12(22)4-2-6-19-21/h1-6,10-11H,7-8H2,(H,18,20). The Kier molecular flexibility index (Phi) is 4.03. The van der Waals surface area contributed by atoms with E-state index in [1.807, 2.05) is 0 Å². The quantitative estimate of drug-likeness (QED) is 0.930. The van der Waals surface area contributed by atoms with E-state index in [9.17, 15) is 18.0 Å². The van der Waals surface area contributed by atoms with E-state index in [2.05, 4.69) is 15.4 Å². The van der Waals surface area contributed by atoms with Gasteiger partial charge in [-0.2, -0.15) is 18.3 Å². The monoisotopic (exact) mass is 326 g/mol. The summed E-state index contributed by atoms with van der Waals surface area (Å²) in [5, 5.41) is 6.70. The molecule has 1 aliphatic heterocycles. The van der Waals surface area contributed by atoms with Crippen molar-refractivity contribution in [3.8, 4) is 0 Å². The Balaban J connectivity index is 1.89. The highest BCUT2D eigenvalue weighted by Gasteiger charge is 2.37. The summed E-state index contributed by atoms with van der Waals surface area (Å²) in [6, 6.07) is 3.96. The minimum Gasteiger partial charge on any atom is -0.377 e. The molecule has 2 aromatic rings. The molecule has 0 aromatic carbocycles. The number of anilines is 1. The number of ether oxygens (including phenoxy) is 1. The van der Waals surface area contributed by atoms with Crippen molar-refractivity contribution in [2.24, 2.45) is 0 Å². The predicted octanol–water partition coefficient (Wildman–Crippen LogP) is 1.71. The Morgan fingerprint density at radius 3 is 2.74 bits per heavy atom. The molecule has 0 aliphatic carbocycles. The van der Waals surface area contributed by atoms with E-state index in [-0.39, 0.29) is 24.6 Å². The highest BCUT2D eigenvalue weighted by atomic mass is 19.4. The maximum atomic E-state index is 13.0. The molecular formula is C14H13F3N4O2. The van der Waals surface area contributed by atoms with E-state index in [1.54, 1.807) is 0 Å². The van der Waals surface area contributed by atoms with Gasteiger partial charge in [-0.15, -0.1) is 0 Å². The van der Waals surface area contributed by atoms with Crippen LogP contribution in [0.4, 0.5) is 19.0 Å². The van der Waals surface area contributed by atoms with Gasteiger partial charge in [-0.05, 0) is 18.2 Å². The molecule has 2 atom stereocenters. The van der Waals surface area contributed by atoms with Crippen molar-refractivity contribution in [2.45, 2.75) is 18.3 Å². The molecule has 3 heterocycles. The first-order chi connectivity index (χ1) is 11.0. The summed E-state index contributed by atoms with van der Waals surface area (Å²) in [5.74, 6) is -0.288. The summed E-state index contributed by atoms with van der Waals surface area (Å²) >= 11 is 0. The molecule has 6 nitrogen and oxygen atoms in total. The Bertz CT molecular complexity index is 747. The summed E-state index contributed by atoms with van der Waals surface area (Å²) in [6.45, 7) is 0.338. The molecule has 0 bridgehead atoms. The van der Waals surface area contributed by atoms with Crippen molar-refractivity contribution in [1.82, 2.24) is 14.8 Å². The van der Waals surface area contributed by atoms with Gasteiger partial charge >= 0.3 is 6.18 Å². The minimum absolute atomic E-state index is 0.154. The highest BCUT2D eigenvalue weighted by molar-refractivity contribution is 5.46. The second-order valence-electron chi connectivity index (χ2n) is 5.06. The van der Waals surface area contributed by atoms with Gasteiger partial charge in [0.1, 0.15) is 11.9 Å². The fraction of sp³-hybridized carbons (Fsp3) is 0.357. The number of hydrogen-bond donors (Lipinski definition) is 1. The van der Waals surface area contributed by atoms with Gasteiger partial charge in [0.2, 0.25) is 0 Å². The van der Waals surface area contributed by atoms with Crippen molar-refractivity contribution in [3.63, 3.8) is 0 Å². The Morgan fingerprint density at radius 1 is 1.22 bits per heavy atom. The third kappa shape index (κ3) is 3.19. The third-order valence-corrected chi connectivity index (χ3v) is 3.54. The summed E-state index contributed by atoms with van der Waals surface area (Å²) in [5.41, 5.74) is -1.20. The van der Waals surface area contributed by atoms with Gasteiger partial charge in [0.25, 0.3) is 5.56 Å². The van der Waals surface area contributed by atoms with E-state index in [4.69, 9.17) is 4.74 Å². The highest BCUT2D eigenvalue weighted by Crippen LogP contribution is 2.34. The van der Waals surface area contributed by atoms with Gasteiger partial charge in [-0.3, -0.25) is 4.79 Å². The molecule has 0 saturated carbocycles. The van der Waals surface area contributed by atoms with E-state index in [0.717, 1.165) is 6.07 Å². The average Bonchev–Trinajstić information content (AvgIpc) is 2.95. The third-order valence-electron chi connectivity index (χ3n) is 3.54. The fourth-order valence-corrected chi connectivity index (χ4v) is 2.46. The van der Waals surface area contributed by atoms with E-state index >= 15 is 0 Å². The maximum Gasteiger partial charge on any atom is 0.419 e. The van der Waals surface area contributed by atoms with Crippen molar-refractivity contribution in [1.29, 1.82) is 0 Å². The Hall–Kier alpha value is -2.42. The second kappa shape index (κ2) is 5.99. The number of halogens is 3. The molecule has 1 saturated heterocycles. The molecule has 2 unspecified atom stereocenters. The topological polar surface area (TPSA) is 69.0 Å². The van der Waals surface area contributed by atoms with Crippen LogP contribution in [0.5, 0.6) is 0 Å². The summed E-state index contributed by atoms with van der Waals surface area (Å²) in [6.07, 6.45) is -1.80. The largest absolute Gasteiger partial charge is 0.419 e. The zero-order valence-corrected chi connectivity index (χ0v) is 11.8. The zero-order chi connectivity index (χ0) is 16.4. The molecule has 3 rings (SSSR count). The van der Waals surface area contributed by atoms with Gasteiger partial charge < -0.3 is 10.1 Å². The van der Waals surface area contributed by atoms with E-state index < -0.39 is 23.8 Å². The van der Waals surface area contributed by atoms with Crippen LogP contribution in [0.3, 0.4) is 0 Å². The predicted molar refractivity (Wildman–Crippen MR) is 75.0 cm³/mol. The number of hydrogen-bond acceptors (Lipinski definition) is 5. The van der Waals surface area contributed by atoms with E-state index in [0.29, 0.717) is 0 Å². The molecule has 122 valence electrons. The first-order valence-electron chi connectivity index (χ1n) is 6.87. The Morgan fingerprint density at radius 2 is 2.00 bits per heavy atom. The normalized spacial score (nSPS) is 21.3. The summed E-state index contributed by atoms with van der Waals surface area (Å²) in [4.78, 5) is 15.6. The summed E-state index contributed by atoms with van der Waals surface area (Å²) < 4.78 is 45.6. The summed E-state index contributed by atoms with van der Waals surface area (Å²) in [7, 11) is 0. The SMILES string of the molecule is O=c1cccnn1C1COCC1Nc1ncccc1C(F)(F)F. The molecule has 23 heavy (non-hydrogen) atoms. The lowest BCUT2D eigenvalue weighted by Gasteiger charge is -2.22. The number of rotatable bonds is 3. The lowest BCUT2D eigenvalue weighted by atomic mass is 10.1. The van der Waals surface area contributed by atoms with Crippen LogP contribution in [-0.4, -0.2) is 34.0 Å². The van der Waals surface area contributed by atoms with Gasteiger partial charge in [-0.25, -0.2) is 9.67 Å². The first kappa shape index (κ1) is 15.5. The minimum atomic E-state index is -4.52. The van der Waals surface area contributed by atoms with Crippen LogP contribution in [0.15, 0.2) is 41.5 Å². The Labute approximate surface area is 128 Å². The van der Waals surface area contributed by atoms with Crippen molar-refractivity contribution < 1.29 is 17.9 Å². The van der Waals surface area contributed by atoms with Crippen LogP contribution in [-0.2, 0) is 10.9 Å². The van der Waals surface area contributed by atoms with Crippen molar-refractivity contribution >= 4 is 5.82 Å². The number of nitrogens with zero attached hydrogens (tertiary/aromatic N) is 3. The number of pyridine rings is 1. The molecule has 0 radical (unpaired) electrons. The fourth-order valence-electron chi connectivity index (χ4n) is 2.46. The molecule has 1 aliphatic rings. The molecule has 1 fully saturated rings. The first-order valence-corrected chi connectivity index (χ1v) is 6.87. The molecule has 9 heteroatoms. The zero-order valence-electron chi connectivity index (χ0n) is 11.8. The van der Waals surface area contributed by atoms with Crippen LogP contribution < -0.4 is 10.9 Å². The number of nitrogens with one attached hydrogen (secondary N) is 1. The van der Waals surface area contributed by atoms with Crippen LogP contribution >= 0.6 is 0 Å². The molecular weight excluding hydrogens is 313 g/mol. The average molecular weight is 326 g/mol. The van der Waals surface area contributed by atoms with Crippen molar-refractivity contribution in [2.75, 3.05) is 18.5 Å². The lowest BCUT2D eigenvalue weighted by molar-refractivity contribution is -0.137. The number of alkyl halides is 3. The van der Waals surface area contributed by atoms with Gasteiger partial charge in [0.05, 0.1) is 24.8 Å².